The van der Waals surface area contributed by atoms with Crippen LogP contribution in [0.15, 0.2) is 36.4 Å². The van der Waals surface area contributed by atoms with Gasteiger partial charge in [-0.2, -0.15) is 18.4 Å². The summed E-state index contributed by atoms with van der Waals surface area (Å²) >= 11 is 5.50. The number of benzene rings is 2. The predicted molar refractivity (Wildman–Crippen MR) is 144 cm³/mol. The Kier molecular flexibility index (Phi) is 8.19. The lowest BCUT2D eigenvalue weighted by molar-refractivity contribution is -0.138. The van der Waals surface area contributed by atoms with Crippen LogP contribution in [0.25, 0.3) is 0 Å². The van der Waals surface area contributed by atoms with Gasteiger partial charge in [-0.25, -0.2) is 4.39 Å². The zero-order chi connectivity index (χ0) is 29.4. The summed E-state index contributed by atoms with van der Waals surface area (Å²) in [5.74, 6) is -1.21. The number of nitrogens with zero attached hydrogens (tertiary/aromatic N) is 4. The van der Waals surface area contributed by atoms with Gasteiger partial charge in [0.15, 0.2) is 5.11 Å². The summed E-state index contributed by atoms with van der Waals surface area (Å²) in [6.07, 6.45) is -3.13. The molecule has 2 aromatic carbocycles. The number of alkyl halides is 3. The number of aliphatic hydroxyl groups excluding tert-OH is 1. The van der Waals surface area contributed by atoms with Gasteiger partial charge >= 0.3 is 6.18 Å². The van der Waals surface area contributed by atoms with E-state index in [-0.39, 0.29) is 34.9 Å². The highest BCUT2D eigenvalue weighted by Gasteiger charge is 2.50. The molecule has 0 unspecified atom stereocenters. The number of hydrogen-bond donors (Lipinski definition) is 1. The molecule has 0 aromatic heterocycles. The smallest absolute Gasteiger partial charge is 0.393 e. The predicted octanol–water partition coefficient (Wildman–Crippen LogP) is 4.94. The molecule has 0 radical (unpaired) electrons. The molecule has 212 valence electrons. The van der Waals surface area contributed by atoms with E-state index >= 15 is 4.39 Å². The van der Waals surface area contributed by atoms with Crippen molar-refractivity contribution in [3.8, 4) is 6.07 Å². The molecule has 2 aliphatic heterocycles. The third-order valence-electron chi connectivity index (χ3n) is 7.30. The maximum Gasteiger partial charge on any atom is 0.417 e. The molecule has 2 heterocycles. The number of likely N-dealkylation sites (tertiary alicyclic amines) is 1. The molecule has 2 fully saturated rings. The molecule has 0 atom stereocenters. The average molecular weight is 577 g/mol. The Morgan fingerprint density at radius 2 is 1.80 bits per heavy atom. The molecule has 12 heteroatoms. The van der Waals surface area contributed by atoms with Crippen LogP contribution in [0.1, 0.15) is 56.2 Å². The molecule has 1 N–H and O–H groups in total. The van der Waals surface area contributed by atoms with Crippen molar-refractivity contribution in [1.29, 1.82) is 5.26 Å². The molecule has 0 saturated carbocycles. The monoisotopic (exact) mass is 576 g/mol. The van der Waals surface area contributed by atoms with E-state index in [1.807, 2.05) is 0 Å². The zero-order valence-corrected chi connectivity index (χ0v) is 22.8. The number of halogens is 4. The third kappa shape index (κ3) is 5.67. The van der Waals surface area contributed by atoms with Gasteiger partial charge in [0.1, 0.15) is 11.4 Å². The third-order valence-corrected chi connectivity index (χ3v) is 7.67. The van der Waals surface area contributed by atoms with Gasteiger partial charge in [0.2, 0.25) is 5.91 Å². The van der Waals surface area contributed by atoms with Crippen LogP contribution in [-0.2, 0) is 22.2 Å². The van der Waals surface area contributed by atoms with E-state index < -0.39 is 34.6 Å². The molecule has 0 aliphatic carbocycles. The highest BCUT2D eigenvalue weighted by atomic mass is 32.1. The van der Waals surface area contributed by atoms with E-state index in [0.717, 1.165) is 11.0 Å². The second-order valence-electron chi connectivity index (χ2n) is 10.4. The summed E-state index contributed by atoms with van der Waals surface area (Å²) in [6, 6.07) is 8.75. The molecule has 2 aromatic rings. The molecule has 2 aliphatic rings. The topological polar surface area (TPSA) is 87.9 Å². The summed E-state index contributed by atoms with van der Waals surface area (Å²) in [4.78, 5) is 29.8. The minimum Gasteiger partial charge on any atom is -0.393 e. The van der Waals surface area contributed by atoms with Crippen LogP contribution in [0.2, 0.25) is 0 Å². The van der Waals surface area contributed by atoms with Crippen LogP contribution in [0, 0.1) is 17.1 Å². The van der Waals surface area contributed by atoms with Gasteiger partial charge in [0, 0.05) is 25.2 Å². The van der Waals surface area contributed by atoms with Crippen LogP contribution in [0.5, 0.6) is 0 Å². The number of anilines is 2. The average Bonchev–Trinajstić information content (AvgIpc) is 3.07. The van der Waals surface area contributed by atoms with Gasteiger partial charge in [0.05, 0.1) is 29.0 Å². The van der Waals surface area contributed by atoms with Gasteiger partial charge in [0.25, 0.3) is 5.91 Å². The molecular formula is C28H28F4N4O3S. The van der Waals surface area contributed by atoms with E-state index in [0.29, 0.717) is 50.4 Å². The van der Waals surface area contributed by atoms with E-state index in [9.17, 15) is 27.9 Å². The lowest BCUT2D eigenvalue weighted by Gasteiger charge is -2.30. The van der Waals surface area contributed by atoms with Gasteiger partial charge in [-0.3, -0.25) is 14.5 Å². The number of nitriles is 1. The molecule has 4 rings (SSSR count). The number of piperidine rings is 1. The van der Waals surface area contributed by atoms with Crippen molar-refractivity contribution in [2.75, 3.05) is 22.9 Å². The van der Waals surface area contributed by atoms with Crippen molar-refractivity contribution >= 4 is 40.5 Å². The number of carbonyl (C=O) groups excluding carboxylic acids is 2. The Labute approximate surface area is 234 Å². The molecule has 40 heavy (non-hydrogen) atoms. The van der Waals surface area contributed by atoms with Crippen LogP contribution in [0.3, 0.4) is 0 Å². The summed E-state index contributed by atoms with van der Waals surface area (Å²) in [5, 5.41) is 18.6. The summed E-state index contributed by atoms with van der Waals surface area (Å²) < 4.78 is 55.8. The van der Waals surface area contributed by atoms with Gasteiger partial charge < -0.3 is 14.9 Å². The van der Waals surface area contributed by atoms with Crippen molar-refractivity contribution in [2.45, 2.75) is 63.8 Å². The lowest BCUT2D eigenvalue weighted by Crippen LogP contribution is -2.44. The Morgan fingerprint density at radius 1 is 1.15 bits per heavy atom. The highest BCUT2D eigenvalue weighted by Crippen LogP contribution is 2.40. The molecule has 7 nitrogen and oxygen atoms in total. The second kappa shape index (κ2) is 11.1. The van der Waals surface area contributed by atoms with Crippen LogP contribution >= 0.6 is 12.2 Å². The first-order chi connectivity index (χ1) is 18.8. The fraction of sp³-hybridized carbons (Fsp3) is 0.429. The van der Waals surface area contributed by atoms with E-state index in [1.165, 1.54) is 36.9 Å². The van der Waals surface area contributed by atoms with E-state index in [4.69, 9.17) is 17.5 Å². The number of rotatable bonds is 6. The Hall–Kier alpha value is -3.56. The van der Waals surface area contributed by atoms with E-state index in [2.05, 4.69) is 0 Å². The normalized spacial score (nSPS) is 17.9. The maximum atomic E-state index is 15.1. The first kappa shape index (κ1) is 29.4. The zero-order valence-electron chi connectivity index (χ0n) is 22.0. The van der Waals surface area contributed by atoms with Gasteiger partial charge in [-0.05, 0) is 87.6 Å². The number of carbonyl (C=O) groups is 2. The first-order valence-corrected chi connectivity index (χ1v) is 13.2. The Balaban J connectivity index is 1.51. The van der Waals surface area contributed by atoms with Crippen molar-refractivity contribution in [2.24, 2.45) is 0 Å². The fourth-order valence-corrected chi connectivity index (χ4v) is 5.56. The van der Waals surface area contributed by atoms with Crippen molar-refractivity contribution < 1.29 is 32.3 Å². The first-order valence-electron chi connectivity index (χ1n) is 12.8. The number of thiocarbonyl (C=S) groups is 1. The largest absolute Gasteiger partial charge is 0.417 e. The lowest BCUT2D eigenvalue weighted by atomic mass is 10.0. The summed E-state index contributed by atoms with van der Waals surface area (Å²) in [6.45, 7) is 4.08. The summed E-state index contributed by atoms with van der Waals surface area (Å²) in [5.41, 5.74) is -2.64. The van der Waals surface area contributed by atoms with Gasteiger partial charge in [-0.1, -0.05) is 6.07 Å². The molecule has 0 spiro atoms. The number of aliphatic hydroxyl groups is 1. The number of hydrogen-bond acceptors (Lipinski definition) is 5. The quantitative estimate of drug-likeness (QED) is 0.387. The molecule has 0 bridgehead atoms. The maximum absolute atomic E-state index is 15.1. The Bertz CT molecular complexity index is 1380. The number of amides is 2. The van der Waals surface area contributed by atoms with Crippen LogP contribution < -0.4 is 9.80 Å². The standard InChI is InChI=1S/C28H28F4N4O3S/c1-27(2)25(39)35(19-8-7-18(16-33)22(14-19)28(30,31)32)26(40)36(27)20-9-6-17(23(29)15-20)4-3-5-24(38)34-12-10-21(37)11-13-34/h6-9,14-15,21,37H,3-5,10-13H2,1-2H3. The second-order valence-corrected chi connectivity index (χ2v) is 10.8. The minimum absolute atomic E-state index is 0.0387. The molecular weight excluding hydrogens is 548 g/mol. The summed E-state index contributed by atoms with van der Waals surface area (Å²) in [7, 11) is 0. The van der Waals surface area contributed by atoms with Crippen LogP contribution in [0.4, 0.5) is 28.9 Å². The molecule has 2 amide bonds. The molecule has 2 saturated heterocycles. The van der Waals surface area contributed by atoms with Crippen molar-refractivity contribution in [3.63, 3.8) is 0 Å². The van der Waals surface area contributed by atoms with Crippen molar-refractivity contribution in [3.05, 3.63) is 58.9 Å². The SMILES string of the molecule is CC1(C)C(=O)N(c2ccc(C#N)c(C(F)(F)F)c2)C(=S)N1c1ccc(CCCC(=O)N2CCC(O)CC2)c(F)c1. The highest BCUT2D eigenvalue weighted by molar-refractivity contribution is 7.81. The van der Waals surface area contributed by atoms with E-state index in [1.54, 1.807) is 17.0 Å². The number of aryl methyl sites for hydroxylation is 1. The minimum atomic E-state index is -4.82. The fourth-order valence-electron chi connectivity index (χ4n) is 5.04. The van der Waals surface area contributed by atoms with Crippen LogP contribution in [-0.4, -0.2) is 51.7 Å². The van der Waals surface area contributed by atoms with Crippen molar-refractivity contribution in [1.82, 2.24) is 4.90 Å². The Morgan fingerprint density at radius 3 is 2.40 bits per heavy atom. The van der Waals surface area contributed by atoms with Gasteiger partial charge in [-0.15, -0.1) is 0 Å².